The van der Waals surface area contributed by atoms with Gasteiger partial charge in [0.05, 0.1) is 10.2 Å². The number of carbonyl (C=O) groups is 1. The zero-order valence-electron chi connectivity index (χ0n) is 16.3. The number of carboxylic acids is 1. The van der Waals surface area contributed by atoms with Crippen LogP contribution < -0.4 is 4.74 Å². The Balaban J connectivity index is 1.66. The van der Waals surface area contributed by atoms with Crippen molar-refractivity contribution >= 4 is 39.2 Å². The molecule has 0 saturated carbocycles. The highest BCUT2D eigenvalue weighted by Crippen LogP contribution is 2.33. The maximum Gasteiger partial charge on any atom is 0.303 e. The molecule has 5 heteroatoms. The lowest BCUT2D eigenvalue weighted by Gasteiger charge is -2.11. The van der Waals surface area contributed by atoms with Crippen LogP contribution >= 0.6 is 11.3 Å². The van der Waals surface area contributed by atoms with E-state index in [1.807, 2.05) is 84.9 Å². The molecular weight excluding hydrogens is 394 g/mol. The minimum absolute atomic E-state index is 0.0504. The van der Waals surface area contributed by atoms with Crippen LogP contribution in [0.25, 0.3) is 21.9 Å². The van der Waals surface area contributed by atoms with E-state index in [-0.39, 0.29) is 6.42 Å². The van der Waals surface area contributed by atoms with E-state index in [4.69, 9.17) is 9.72 Å². The van der Waals surface area contributed by atoms with E-state index in [0.29, 0.717) is 13.0 Å². The van der Waals surface area contributed by atoms with Gasteiger partial charge in [-0.05, 0) is 41.8 Å². The SMILES string of the molecule is O=C(O)CC/C(=C/c1ccccc1OCc1ccccc1)c1nc2ccccc2s1. The lowest BCUT2D eigenvalue weighted by Crippen LogP contribution is -1.98. The van der Waals surface area contributed by atoms with E-state index < -0.39 is 5.97 Å². The first-order valence-corrected chi connectivity index (χ1v) is 10.5. The van der Waals surface area contributed by atoms with Gasteiger partial charge in [0.2, 0.25) is 0 Å². The van der Waals surface area contributed by atoms with Crippen molar-refractivity contribution in [1.82, 2.24) is 4.98 Å². The summed E-state index contributed by atoms with van der Waals surface area (Å²) in [6, 6.07) is 25.8. The zero-order chi connectivity index (χ0) is 20.8. The summed E-state index contributed by atoms with van der Waals surface area (Å²) in [6.07, 6.45) is 2.46. The molecule has 3 aromatic carbocycles. The first-order chi connectivity index (χ1) is 14.7. The molecule has 4 nitrogen and oxygen atoms in total. The lowest BCUT2D eigenvalue weighted by atomic mass is 10.1. The van der Waals surface area contributed by atoms with Crippen molar-refractivity contribution in [3.8, 4) is 5.75 Å². The van der Waals surface area contributed by atoms with Gasteiger partial charge in [-0.2, -0.15) is 0 Å². The van der Waals surface area contributed by atoms with Crippen molar-refractivity contribution < 1.29 is 14.6 Å². The number of rotatable bonds is 8. The van der Waals surface area contributed by atoms with Crippen molar-refractivity contribution in [2.45, 2.75) is 19.4 Å². The topological polar surface area (TPSA) is 59.4 Å². The van der Waals surface area contributed by atoms with Crippen molar-refractivity contribution in [3.63, 3.8) is 0 Å². The highest BCUT2D eigenvalue weighted by atomic mass is 32.1. The van der Waals surface area contributed by atoms with Crippen LogP contribution in [0.5, 0.6) is 5.75 Å². The molecule has 0 aliphatic heterocycles. The number of hydrogen-bond donors (Lipinski definition) is 1. The highest BCUT2D eigenvalue weighted by molar-refractivity contribution is 7.19. The summed E-state index contributed by atoms with van der Waals surface area (Å²) in [4.78, 5) is 15.9. The first kappa shape index (κ1) is 19.9. The van der Waals surface area contributed by atoms with E-state index in [1.165, 1.54) is 0 Å². The predicted molar refractivity (Wildman–Crippen MR) is 122 cm³/mol. The number of carboxylic acid groups (broad SMARTS) is 1. The minimum atomic E-state index is -0.823. The first-order valence-electron chi connectivity index (χ1n) is 9.73. The summed E-state index contributed by atoms with van der Waals surface area (Å²) >= 11 is 1.58. The number of benzene rings is 3. The number of allylic oxidation sites excluding steroid dienone is 1. The second-order valence-electron chi connectivity index (χ2n) is 6.86. The number of aromatic nitrogens is 1. The van der Waals surface area contributed by atoms with Gasteiger partial charge in [0.25, 0.3) is 0 Å². The molecule has 1 heterocycles. The Morgan fingerprint density at radius 1 is 0.933 bits per heavy atom. The van der Waals surface area contributed by atoms with Crippen LogP contribution in [-0.2, 0) is 11.4 Å². The smallest absolute Gasteiger partial charge is 0.303 e. The summed E-state index contributed by atoms with van der Waals surface area (Å²) in [5.41, 5.74) is 3.82. The van der Waals surface area contributed by atoms with Gasteiger partial charge < -0.3 is 9.84 Å². The second kappa shape index (κ2) is 9.37. The number of para-hydroxylation sites is 2. The fraction of sp³-hybridized carbons (Fsp3) is 0.120. The molecule has 4 rings (SSSR count). The van der Waals surface area contributed by atoms with Crippen LogP contribution in [0.15, 0.2) is 78.9 Å². The van der Waals surface area contributed by atoms with Crippen molar-refractivity contribution in [3.05, 3.63) is 95.0 Å². The average molecular weight is 416 g/mol. The van der Waals surface area contributed by atoms with Gasteiger partial charge in [-0.1, -0.05) is 60.7 Å². The fourth-order valence-corrected chi connectivity index (χ4v) is 4.16. The summed E-state index contributed by atoms with van der Waals surface area (Å²) < 4.78 is 7.15. The quantitative estimate of drug-likeness (QED) is 0.368. The molecule has 30 heavy (non-hydrogen) atoms. The van der Waals surface area contributed by atoms with Gasteiger partial charge >= 0.3 is 5.97 Å². The van der Waals surface area contributed by atoms with Gasteiger partial charge in [0.15, 0.2) is 0 Å². The van der Waals surface area contributed by atoms with E-state index in [0.717, 1.165) is 37.7 Å². The molecular formula is C25H21NO3S. The van der Waals surface area contributed by atoms with Crippen LogP contribution in [0.4, 0.5) is 0 Å². The Bertz CT molecular complexity index is 1150. The van der Waals surface area contributed by atoms with Gasteiger partial charge in [0, 0.05) is 12.0 Å². The number of aliphatic carboxylic acids is 1. The molecule has 0 amide bonds. The normalized spacial score (nSPS) is 11.5. The Hall–Kier alpha value is -3.44. The third-order valence-corrected chi connectivity index (χ3v) is 5.77. The van der Waals surface area contributed by atoms with E-state index in [9.17, 15) is 9.90 Å². The van der Waals surface area contributed by atoms with Crippen LogP contribution in [-0.4, -0.2) is 16.1 Å². The Kier molecular flexibility index (Phi) is 6.20. The molecule has 1 aromatic heterocycles. The van der Waals surface area contributed by atoms with Crippen LogP contribution in [0.1, 0.15) is 29.0 Å². The molecule has 0 bridgehead atoms. The molecule has 0 saturated heterocycles. The van der Waals surface area contributed by atoms with Crippen LogP contribution in [0, 0.1) is 0 Å². The predicted octanol–water partition coefficient (Wildman–Crippen LogP) is 6.28. The maximum atomic E-state index is 11.2. The summed E-state index contributed by atoms with van der Waals surface area (Å²) in [7, 11) is 0. The third-order valence-electron chi connectivity index (χ3n) is 4.66. The Morgan fingerprint density at radius 2 is 1.67 bits per heavy atom. The van der Waals surface area contributed by atoms with Crippen molar-refractivity contribution in [2.24, 2.45) is 0 Å². The fourth-order valence-electron chi connectivity index (χ4n) is 3.15. The Morgan fingerprint density at radius 3 is 2.47 bits per heavy atom. The van der Waals surface area contributed by atoms with Crippen molar-refractivity contribution in [1.29, 1.82) is 0 Å². The number of ether oxygens (including phenoxy) is 1. The van der Waals surface area contributed by atoms with Crippen LogP contribution in [0.2, 0.25) is 0 Å². The lowest BCUT2D eigenvalue weighted by molar-refractivity contribution is -0.136. The van der Waals surface area contributed by atoms with Gasteiger partial charge in [-0.25, -0.2) is 4.98 Å². The number of fused-ring (bicyclic) bond motifs is 1. The minimum Gasteiger partial charge on any atom is -0.488 e. The number of thiazole rings is 1. The monoisotopic (exact) mass is 415 g/mol. The van der Waals surface area contributed by atoms with Gasteiger partial charge in [0.1, 0.15) is 17.4 Å². The average Bonchev–Trinajstić information content (AvgIpc) is 3.20. The summed E-state index contributed by atoms with van der Waals surface area (Å²) in [6.45, 7) is 0.470. The molecule has 0 radical (unpaired) electrons. The van der Waals surface area contributed by atoms with E-state index >= 15 is 0 Å². The number of hydrogen-bond acceptors (Lipinski definition) is 4. The molecule has 150 valence electrons. The number of nitrogens with zero attached hydrogens (tertiary/aromatic N) is 1. The molecule has 0 atom stereocenters. The second-order valence-corrected chi connectivity index (χ2v) is 7.89. The largest absolute Gasteiger partial charge is 0.488 e. The van der Waals surface area contributed by atoms with E-state index in [1.54, 1.807) is 11.3 Å². The van der Waals surface area contributed by atoms with Gasteiger partial charge in [-0.3, -0.25) is 4.79 Å². The molecule has 4 aromatic rings. The van der Waals surface area contributed by atoms with Crippen molar-refractivity contribution in [2.75, 3.05) is 0 Å². The summed E-state index contributed by atoms with van der Waals surface area (Å²) in [5, 5.41) is 10.1. The highest BCUT2D eigenvalue weighted by Gasteiger charge is 2.12. The molecule has 0 aliphatic carbocycles. The maximum absolute atomic E-state index is 11.2. The zero-order valence-corrected chi connectivity index (χ0v) is 17.1. The third kappa shape index (κ3) is 4.93. The van der Waals surface area contributed by atoms with E-state index in [2.05, 4.69) is 0 Å². The molecule has 1 N–H and O–H groups in total. The summed E-state index contributed by atoms with van der Waals surface area (Å²) in [5.74, 6) is -0.0640. The van der Waals surface area contributed by atoms with Gasteiger partial charge in [-0.15, -0.1) is 11.3 Å². The molecule has 0 spiro atoms. The van der Waals surface area contributed by atoms with Crippen LogP contribution in [0.3, 0.4) is 0 Å². The molecule has 0 aliphatic rings. The molecule has 0 unspecified atom stereocenters. The standard InChI is InChI=1S/C25H21NO3S/c27-24(28)15-14-20(25-26-21-11-5-7-13-23(21)30-25)16-19-10-4-6-12-22(19)29-17-18-8-2-1-3-9-18/h1-13,16H,14-15,17H2,(H,27,28)/b20-16-. The Labute approximate surface area is 179 Å². The molecule has 0 fully saturated rings.